The van der Waals surface area contributed by atoms with Crippen molar-refractivity contribution in [2.75, 3.05) is 23.8 Å². The Morgan fingerprint density at radius 3 is 2.54 bits per heavy atom. The fourth-order valence-electron chi connectivity index (χ4n) is 2.04. The summed E-state index contributed by atoms with van der Waals surface area (Å²) in [4.78, 5) is 17.5. The highest BCUT2D eigenvalue weighted by molar-refractivity contribution is 6.31. The van der Waals surface area contributed by atoms with E-state index in [9.17, 15) is 18.0 Å². The Bertz CT molecular complexity index is 881. The Labute approximate surface area is 156 Å². The summed E-state index contributed by atoms with van der Waals surface area (Å²) in [5.41, 5.74) is -1.07. The third-order valence-electron chi connectivity index (χ3n) is 3.26. The van der Waals surface area contributed by atoms with Crippen molar-refractivity contribution in [3.63, 3.8) is 0 Å². The molecule has 0 aliphatic heterocycles. The number of alkyl halides is 3. The van der Waals surface area contributed by atoms with Crippen LogP contribution in [0.25, 0.3) is 0 Å². The van der Waals surface area contributed by atoms with Crippen molar-refractivity contribution < 1.29 is 18.0 Å². The van der Waals surface area contributed by atoms with E-state index >= 15 is 0 Å². The third kappa shape index (κ3) is 4.77. The van der Waals surface area contributed by atoms with Crippen molar-refractivity contribution in [1.29, 1.82) is 5.26 Å². The van der Waals surface area contributed by atoms with E-state index in [-0.39, 0.29) is 22.9 Å². The monoisotopic (exact) mass is 402 g/mol. The summed E-state index contributed by atoms with van der Waals surface area (Å²) >= 11 is 11.3. The number of hydrogen-bond donors (Lipinski definition) is 1. The zero-order valence-corrected chi connectivity index (χ0v) is 14.7. The number of aromatic nitrogens is 1. The summed E-state index contributed by atoms with van der Waals surface area (Å²) in [5.74, 6) is -0.258. The molecule has 1 N–H and O–H groups in total. The van der Waals surface area contributed by atoms with Crippen LogP contribution in [0, 0.1) is 11.3 Å². The normalized spacial score (nSPS) is 11.0. The van der Waals surface area contributed by atoms with Crippen LogP contribution in [0.5, 0.6) is 0 Å². The summed E-state index contributed by atoms with van der Waals surface area (Å²) in [6.45, 7) is -0.205. The highest BCUT2D eigenvalue weighted by atomic mass is 35.5. The van der Waals surface area contributed by atoms with Gasteiger partial charge in [0.25, 0.3) is 0 Å². The van der Waals surface area contributed by atoms with E-state index in [0.29, 0.717) is 5.82 Å². The van der Waals surface area contributed by atoms with Crippen molar-refractivity contribution in [3.05, 3.63) is 51.6 Å². The topological polar surface area (TPSA) is 69.0 Å². The number of nitrogens with one attached hydrogen (secondary N) is 1. The average molecular weight is 403 g/mol. The molecule has 0 aliphatic carbocycles. The Kier molecular flexibility index (Phi) is 5.95. The number of benzene rings is 1. The minimum absolute atomic E-state index is 0.00365. The smallest absolute Gasteiger partial charge is 0.350 e. The first-order chi connectivity index (χ1) is 12.1. The quantitative estimate of drug-likeness (QED) is 0.824. The summed E-state index contributed by atoms with van der Waals surface area (Å²) < 4.78 is 38.6. The van der Waals surface area contributed by atoms with Crippen molar-refractivity contribution in [1.82, 2.24) is 4.98 Å². The summed E-state index contributed by atoms with van der Waals surface area (Å²) in [5, 5.41) is 11.0. The van der Waals surface area contributed by atoms with Crippen LogP contribution < -0.4 is 10.2 Å². The number of likely N-dealkylation sites (N-methyl/N-ethyl adjacent to an activating group) is 1. The second kappa shape index (κ2) is 7.81. The van der Waals surface area contributed by atoms with Gasteiger partial charge in [0.1, 0.15) is 11.9 Å². The number of rotatable bonds is 4. The highest BCUT2D eigenvalue weighted by Gasteiger charge is 2.33. The first-order valence-electron chi connectivity index (χ1n) is 7.06. The molecular formula is C16H11Cl2F3N4O. The molecule has 0 radical (unpaired) electrons. The van der Waals surface area contributed by atoms with Gasteiger partial charge in [0, 0.05) is 12.7 Å². The van der Waals surface area contributed by atoms with Crippen molar-refractivity contribution in [2.45, 2.75) is 6.18 Å². The number of carbonyl (C=O) groups excluding carboxylic acids is 1. The van der Waals surface area contributed by atoms with Gasteiger partial charge in [0.15, 0.2) is 5.69 Å². The molecule has 2 aromatic rings. The van der Waals surface area contributed by atoms with E-state index < -0.39 is 22.7 Å². The second-order valence-corrected chi connectivity index (χ2v) is 6.02. The lowest BCUT2D eigenvalue weighted by Gasteiger charge is -2.18. The van der Waals surface area contributed by atoms with Crippen LogP contribution in [0.2, 0.25) is 10.0 Å². The maximum Gasteiger partial charge on any atom is 0.417 e. The van der Waals surface area contributed by atoms with Crippen LogP contribution in [-0.2, 0) is 11.0 Å². The van der Waals surface area contributed by atoms with Gasteiger partial charge in [-0.15, -0.1) is 0 Å². The van der Waals surface area contributed by atoms with Gasteiger partial charge >= 0.3 is 6.18 Å². The number of anilines is 2. The zero-order chi connectivity index (χ0) is 19.5. The molecule has 0 spiro atoms. The van der Waals surface area contributed by atoms with E-state index in [0.717, 1.165) is 12.1 Å². The number of halogens is 5. The Morgan fingerprint density at radius 2 is 1.92 bits per heavy atom. The van der Waals surface area contributed by atoms with Gasteiger partial charge < -0.3 is 10.2 Å². The van der Waals surface area contributed by atoms with Gasteiger partial charge in [-0.1, -0.05) is 23.2 Å². The Hall–Kier alpha value is -2.50. The predicted molar refractivity (Wildman–Crippen MR) is 92.3 cm³/mol. The van der Waals surface area contributed by atoms with Crippen molar-refractivity contribution in [3.8, 4) is 6.07 Å². The van der Waals surface area contributed by atoms with Crippen molar-refractivity contribution >= 4 is 40.6 Å². The lowest BCUT2D eigenvalue weighted by Crippen LogP contribution is -2.30. The number of nitrogens with zero attached hydrogens (tertiary/aromatic N) is 3. The molecule has 0 aliphatic rings. The molecule has 0 atom stereocenters. The van der Waals surface area contributed by atoms with E-state index in [1.165, 1.54) is 23.1 Å². The largest absolute Gasteiger partial charge is 0.417 e. The molecule has 1 amide bonds. The molecular weight excluding hydrogens is 392 g/mol. The lowest BCUT2D eigenvalue weighted by atomic mass is 10.2. The fraction of sp³-hybridized carbons (Fsp3) is 0.188. The molecule has 10 heteroatoms. The van der Waals surface area contributed by atoms with E-state index in [2.05, 4.69) is 10.3 Å². The van der Waals surface area contributed by atoms with E-state index in [1.807, 2.05) is 6.07 Å². The van der Waals surface area contributed by atoms with Gasteiger partial charge in [-0.3, -0.25) is 4.79 Å². The molecule has 0 fully saturated rings. The SMILES string of the molecule is CN(CC(=O)Nc1ccc(Cl)c(C(F)(F)F)c1)c1ccc(Cl)c(C#N)n1. The van der Waals surface area contributed by atoms with Crippen LogP contribution in [0.4, 0.5) is 24.7 Å². The van der Waals surface area contributed by atoms with E-state index in [1.54, 1.807) is 7.05 Å². The average Bonchev–Trinajstić information content (AvgIpc) is 2.55. The zero-order valence-electron chi connectivity index (χ0n) is 13.2. The summed E-state index contributed by atoms with van der Waals surface area (Å²) in [6, 6.07) is 7.88. The third-order valence-corrected chi connectivity index (χ3v) is 3.90. The number of carbonyl (C=O) groups is 1. The molecule has 136 valence electrons. The van der Waals surface area contributed by atoms with E-state index in [4.69, 9.17) is 28.5 Å². The molecule has 0 saturated heterocycles. The second-order valence-electron chi connectivity index (χ2n) is 5.21. The Morgan fingerprint density at radius 1 is 1.27 bits per heavy atom. The summed E-state index contributed by atoms with van der Waals surface area (Å²) in [7, 11) is 1.54. The Balaban J connectivity index is 2.11. The number of nitriles is 1. The highest BCUT2D eigenvalue weighted by Crippen LogP contribution is 2.36. The van der Waals surface area contributed by atoms with Gasteiger partial charge in [-0.05, 0) is 30.3 Å². The maximum absolute atomic E-state index is 12.9. The standard InChI is InChI=1S/C16H11Cl2F3N4O/c1-25(14-5-4-12(18)13(7-22)24-14)8-15(26)23-9-2-3-11(17)10(6-9)16(19,20)21/h2-6H,8H2,1H3,(H,23,26). The number of pyridine rings is 1. The molecule has 1 heterocycles. The van der Waals surface area contributed by atoms with Gasteiger partial charge in [-0.2, -0.15) is 18.4 Å². The predicted octanol–water partition coefficient (Wildman–Crippen LogP) is 4.35. The first-order valence-corrected chi connectivity index (χ1v) is 7.82. The van der Waals surface area contributed by atoms with Crippen LogP contribution >= 0.6 is 23.2 Å². The van der Waals surface area contributed by atoms with Crippen LogP contribution in [-0.4, -0.2) is 24.5 Å². The molecule has 0 unspecified atom stereocenters. The fourth-order valence-corrected chi connectivity index (χ4v) is 2.41. The molecule has 2 rings (SSSR count). The van der Waals surface area contributed by atoms with Gasteiger partial charge in [0.05, 0.1) is 22.2 Å². The van der Waals surface area contributed by atoms with Gasteiger partial charge in [-0.25, -0.2) is 4.98 Å². The molecule has 1 aromatic carbocycles. The van der Waals surface area contributed by atoms with Crippen LogP contribution in [0.15, 0.2) is 30.3 Å². The van der Waals surface area contributed by atoms with Crippen molar-refractivity contribution in [2.24, 2.45) is 0 Å². The number of hydrogen-bond acceptors (Lipinski definition) is 4. The lowest BCUT2D eigenvalue weighted by molar-refractivity contribution is -0.137. The molecule has 1 aromatic heterocycles. The van der Waals surface area contributed by atoms with Gasteiger partial charge in [0.2, 0.25) is 5.91 Å². The molecule has 0 bridgehead atoms. The number of amides is 1. The van der Waals surface area contributed by atoms with Crippen LogP contribution in [0.3, 0.4) is 0 Å². The van der Waals surface area contributed by atoms with Crippen LogP contribution in [0.1, 0.15) is 11.3 Å². The molecule has 5 nitrogen and oxygen atoms in total. The molecule has 0 saturated carbocycles. The maximum atomic E-state index is 12.9. The minimum atomic E-state index is -4.63. The first kappa shape index (κ1) is 19.8. The minimum Gasteiger partial charge on any atom is -0.350 e. The molecule has 26 heavy (non-hydrogen) atoms. The summed E-state index contributed by atoms with van der Waals surface area (Å²) in [6.07, 6.45) is -4.63.